The molecule has 1 aromatic carbocycles. The summed E-state index contributed by atoms with van der Waals surface area (Å²) in [5, 5.41) is 14.2. The van der Waals surface area contributed by atoms with Crippen LogP contribution in [0, 0.1) is 17.0 Å². The van der Waals surface area contributed by atoms with Crippen LogP contribution in [0.4, 0.5) is 17.1 Å². The van der Waals surface area contributed by atoms with Gasteiger partial charge in [-0.1, -0.05) is 6.07 Å². The van der Waals surface area contributed by atoms with Crippen molar-refractivity contribution in [3.63, 3.8) is 0 Å². The lowest BCUT2D eigenvalue weighted by atomic mass is 10.1. The molecule has 1 aromatic heterocycles. The fourth-order valence-corrected chi connectivity index (χ4v) is 3.11. The van der Waals surface area contributed by atoms with E-state index in [1.54, 1.807) is 23.5 Å². The van der Waals surface area contributed by atoms with Crippen molar-refractivity contribution in [2.24, 2.45) is 0 Å². The molecular weight excluding hydrogens is 274 g/mol. The zero-order valence-electron chi connectivity index (χ0n) is 11.4. The van der Waals surface area contributed by atoms with Crippen molar-refractivity contribution in [1.29, 1.82) is 0 Å². The van der Waals surface area contributed by atoms with Crippen LogP contribution in [0.5, 0.6) is 0 Å². The lowest BCUT2D eigenvalue weighted by molar-refractivity contribution is -0.383. The summed E-state index contributed by atoms with van der Waals surface area (Å²) in [5.41, 5.74) is 6.27. The molecule has 0 radical (unpaired) electrons. The zero-order chi connectivity index (χ0) is 14.7. The molecule has 0 spiro atoms. The highest BCUT2D eigenvalue weighted by molar-refractivity contribution is 7.11. The number of nitrogens with two attached hydrogens (primary N) is 1. The molecule has 20 heavy (non-hydrogen) atoms. The van der Waals surface area contributed by atoms with Gasteiger partial charge in [0.1, 0.15) is 11.4 Å². The number of para-hydroxylation sites is 1. The van der Waals surface area contributed by atoms with Crippen LogP contribution < -0.4 is 11.1 Å². The second kappa shape index (κ2) is 5.92. The van der Waals surface area contributed by atoms with E-state index in [2.05, 4.69) is 24.4 Å². The molecule has 5 nitrogen and oxygen atoms in total. The number of nitro benzene ring substituents is 1. The Morgan fingerprint density at radius 2 is 2.15 bits per heavy atom. The number of nitro groups is 1. The summed E-state index contributed by atoms with van der Waals surface area (Å²) in [4.78, 5) is 13.2. The van der Waals surface area contributed by atoms with Crippen LogP contribution in [0.1, 0.15) is 16.7 Å². The number of benzene rings is 1. The quantitative estimate of drug-likeness (QED) is 0.501. The monoisotopic (exact) mass is 291 g/mol. The zero-order valence-corrected chi connectivity index (χ0v) is 12.2. The molecule has 0 bridgehead atoms. The number of anilines is 2. The normalized spacial score (nSPS) is 12.1. The van der Waals surface area contributed by atoms with Gasteiger partial charge in [-0.25, -0.2) is 0 Å². The summed E-state index contributed by atoms with van der Waals surface area (Å²) in [7, 11) is 0. The van der Waals surface area contributed by atoms with Gasteiger partial charge >= 0.3 is 5.69 Å². The number of nitrogens with zero attached hydrogens (tertiary/aromatic N) is 1. The maximum atomic E-state index is 11.1. The molecule has 0 aliphatic carbocycles. The lowest BCUT2D eigenvalue weighted by Crippen LogP contribution is -2.18. The summed E-state index contributed by atoms with van der Waals surface area (Å²) in [6.45, 7) is 4.07. The van der Waals surface area contributed by atoms with Crippen molar-refractivity contribution >= 4 is 28.4 Å². The van der Waals surface area contributed by atoms with Gasteiger partial charge in [0.25, 0.3) is 0 Å². The summed E-state index contributed by atoms with van der Waals surface area (Å²) < 4.78 is 0. The molecule has 106 valence electrons. The molecule has 0 aliphatic rings. The van der Waals surface area contributed by atoms with E-state index in [0.29, 0.717) is 5.69 Å². The van der Waals surface area contributed by atoms with Gasteiger partial charge in [0.15, 0.2) is 0 Å². The Hall–Kier alpha value is -2.08. The van der Waals surface area contributed by atoms with E-state index in [1.807, 2.05) is 6.92 Å². The molecule has 0 fully saturated rings. The smallest absolute Gasteiger partial charge is 0.314 e. The van der Waals surface area contributed by atoms with Crippen LogP contribution in [0.25, 0.3) is 0 Å². The van der Waals surface area contributed by atoms with Crippen LogP contribution in [0.3, 0.4) is 0 Å². The third kappa shape index (κ3) is 3.27. The first-order valence-electron chi connectivity index (χ1n) is 6.32. The minimum Gasteiger partial charge on any atom is -0.393 e. The van der Waals surface area contributed by atoms with E-state index in [4.69, 9.17) is 5.73 Å². The fourth-order valence-electron chi connectivity index (χ4n) is 2.09. The first-order chi connectivity index (χ1) is 9.47. The van der Waals surface area contributed by atoms with Gasteiger partial charge in [-0.2, -0.15) is 0 Å². The number of rotatable bonds is 5. The molecule has 0 aliphatic heterocycles. The van der Waals surface area contributed by atoms with Gasteiger partial charge in [0, 0.05) is 22.2 Å². The number of hydrogen-bond acceptors (Lipinski definition) is 5. The van der Waals surface area contributed by atoms with E-state index < -0.39 is 4.92 Å². The molecule has 0 saturated carbocycles. The lowest BCUT2D eigenvalue weighted by Gasteiger charge is -2.15. The minimum atomic E-state index is -0.445. The predicted molar refractivity (Wildman–Crippen MR) is 83.4 cm³/mol. The molecule has 3 N–H and O–H groups in total. The summed E-state index contributed by atoms with van der Waals surface area (Å²) >= 11 is 1.74. The van der Waals surface area contributed by atoms with Crippen molar-refractivity contribution in [2.45, 2.75) is 26.3 Å². The molecule has 6 heteroatoms. The largest absolute Gasteiger partial charge is 0.393 e. The Morgan fingerprint density at radius 3 is 2.75 bits per heavy atom. The second-order valence-corrected chi connectivity index (χ2v) is 6.13. The first-order valence-corrected chi connectivity index (χ1v) is 7.13. The molecule has 1 unspecified atom stereocenters. The van der Waals surface area contributed by atoms with Crippen LogP contribution in [-0.4, -0.2) is 11.0 Å². The van der Waals surface area contributed by atoms with E-state index in [9.17, 15) is 10.1 Å². The van der Waals surface area contributed by atoms with Crippen molar-refractivity contribution in [2.75, 3.05) is 11.1 Å². The first kappa shape index (κ1) is 14.3. The van der Waals surface area contributed by atoms with Crippen LogP contribution >= 0.6 is 11.3 Å². The molecule has 1 heterocycles. The average Bonchev–Trinajstić information content (AvgIpc) is 2.74. The summed E-state index contributed by atoms with van der Waals surface area (Å²) in [6, 6.07) is 9.20. The second-order valence-electron chi connectivity index (χ2n) is 4.76. The van der Waals surface area contributed by atoms with Gasteiger partial charge in [0.05, 0.1) is 4.92 Å². The number of aryl methyl sites for hydroxylation is 1. The van der Waals surface area contributed by atoms with Crippen molar-refractivity contribution in [3.8, 4) is 0 Å². The van der Waals surface area contributed by atoms with Crippen molar-refractivity contribution in [1.82, 2.24) is 0 Å². The van der Waals surface area contributed by atoms with Crippen LogP contribution in [-0.2, 0) is 6.42 Å². The highest BCUT2D eigenvalue weighted by Crippen LogP contribution is 2.31. The summed E-state index contributed by atoms with van der Waals surface area (Å²) in [5.74, 6) is 0. The van der Waals surface area contributed by atoms with E-state index in [0.717, 1.165) is 6.42 Å². The predicted octanol–water partition coefficient (Wildman–Crippen LogP) is 3.59. The van der Waals surface area contributed by atoms with E-state index >= 15 is 0 Å². The van der Waals surface area contributed by atoms with Gasteiger partial charge in [-0.05, 0) is 38.1 Å². The third-order valence-corrected chi connectivity index (χ3v) is 3.98. The van der Waals surface area contributed by atoms with E-state index in [-0.39, 0.29) is 17.4 Å². The Morgan fingerprint density at radius 1 is 1.40 bits per heavy atom. The minimum absolute atomic E-state index is 0.0540. The number of nitrogen functional groups attached to an aromatic ring is 1. The summed E-state index contributed by atoms with van der Waals surface area (Å²) in [6.07, 6.45) is 0.824. The standard InChI is InChI=1S/C14H17N3O2S/c1-9(8-11-7-6-10(2)20-11)16-13-5-3-4-12(15)14(13)17(18)19/h3-7,9,16H,8,15H2,1-2H3. The van der Waals surface area contributed by atoms with Gasteiger partial charge in [-0.15, -0.1) is 11.3 Å². The molecule has 0 amide bonds. The Bertz CT molecular complexity index is 625. The maximum Gasteiger partial charge on any atom is 0.314 e. The third-order valence-electron chi connectivity index (χ3n) is 2.96. The highest BCUT2D eigenvalue weighted by Gasteiger charge is 2.19. The fraction of sp³-hybridized carbons (Fsp3) is 0.286. The van der Waals surface area contributed by atoms with Crippen LogP contribution in [0.15, 0.2) is 30.3 Å². The van der Waals surface area contributed by atoms with Gasteiger partial charge < -0.3 is 11.1 Å². The van der Waals surface area contributed by atoms with E-state index in [1.165, 1.54) is 15.8 Å². The average molecular weight is 291 g/mol. The molecule has 2 rings (SSSR count). The molecule has 1 atom stereocenters. The van der Waals surface area contributed by atoms with Crippen molar-refractivity contribution < 1.29 is 4.92 Å². The highest BCUT2D eigenvalue weighted by atomic mass is 32.1. The van der Waals surface area contributed by atoms with Crippen LogP contribution in [0.2, 0.25) is 0 Å². The number of thiophene rings is 1. The molecule has 2 aromatic rings. The van der Waals surface area contributed by atoms with Gasteiger partial charge in [-0.3, -0.25) is 10.1 Å². The Kier molecular flexibility index (Phi) is 4.24. The number of nitrogens with one attached hydrogen (secondary N) is 1. The topological polar surface area (TPSA) is 81.2 Å². The molecular formula is C14H17N3O2S. The Balaban J connectivity index is 2.13. The van der Waals surface area contributed by atoms with Crippen molar-refractivity contribution in [3.05, 3.63) is 50.2 Å². The SMILES string of the molecule is Cc1ccc(CC(C)Nc2cccc(N)c2[N+](=O)[O-])s1. The maximum absolute atomic E-state index is 11.1. The van der Waals surface area contributed by atoms with Gasteiger partial charge in [0.2, 0.25) is 0 Å². The Labute approximate surface area is 121 Å². The molecule has 0 saturated heterocycles. The number of hydrogen-bond donors (Lipinski definition) is 2.